The lowest BCUT2D eigenvalue weighted by Crippen LogP contribution is -2.51. The van der Waals surface area contributed by atoms with Crippen molar-refractivity contribution in [2.75, 3.05) is 19.1 Å². The van der Waals surface area contributed by atoms with E-state index < -0.39 is 5.54 Å². The molecule has 0 aliphatic rings. The van der Waals surface area contributed by atoms with Crippen LogP contribution in [0.15, 0.2) is 79.4 Å². The first-order chi connectivity index (χ1) is 13.0. The van der Waals surface area contributed by atoms with Crippen molar-refractivity contribution in [1.29, 1.82) is 0 Å². The number of benzene rings is 3. The topological polar surface area (TPSA) is 29.5 Å². The fourth-order valence-electron chi connectivity index (χ4n) is 3.50. The van der Waals surface area contributed by atoms with E-state index >= 15 is 0 Å². The molecule has 0 aliphatic carbocycles. The van der Waals surface area contributed by atoms with Gasteiger partial charge in [0.25, 0.3) is 0 Å². The molecule has 0 heterocycles. The smallest absolute Gasteiger partial charge is 0.336 e. The fraction of sp³-hybridized carbons (Fsp3) is 0.174. The molecule has 3 nitrogen and oxygen atoms in total. The van der Waals surface area contributed by atoms with Gasteiger partial charge in [0.05, 0.1) is 7.11 Å². The van der Waals surface area contributed by atoms with Gasteiger partial charge in [0, 0.05) is 24.2 Å². The number of likely N-dealkylation sites (N-methyl/N-ethyl adjacent to an activating group) is 1. The first-order valence-electron chi connectivity index (χ1n) is 8.71. The molecule has 0 fully saturated rings. The van der Waals surface area contributed by atoms with Gasteiger partial charge in [-0.2, -0.15) is 0 Å². The van der Waals surface area contributed by atoms with Crippen molar-refractivity contribution >= 4 is 34.0 Å². The molecule has 3 aromatic carbocycles. The van der Waals surface area contributed by atoms with E-state index in [4.69, 9.17) is 16.3 Å². The van der Waals surface area contributed by atoms with Crippen molar-refractivity contribution in [3.8, 4) is 0 Å². The second kappa shape index (κ2) is 7.85. The second-order valence-electron chi connectivity index (χ2n) is 6.44. The zero-order valence-electron chi connectivity index (χ0n) is 15.5. The molecule has 27 heavy (non-hydrogen) atoms. The number of halogens is 1. The van der Waals surface area contributed by atoms with Crippen LogP contribution in [0.1, 0.15) is 12.0 Å². The quantitative estimate of drug-likeness (QED) is 0.414. The molecule has 1 atom stereocenters. The van der Waals surface area contributed by atoms with Gasteiger partial charge in [0.1, 0.15) is 0 Å². The summed E-state index contributed by atoms with van der Waals surface area (Å²) in [5, 5.41) is 2.83. The molecule has 0 saturated carbocycles. The minimum absolute atomic E-state index is 0.338. The van der Waals surface area contributed by atoms with Gasteiger partial charge >= 0.3 is 5.97 Å². The monoisotopic (exact) mass is 379 g/mol. The fourth-order valence-corrected chi connectivity index (χ4v) is 3.62. The van der Waals surface area contributed by atoms with Crippen molar-refractivity contribution in [2.24, 2.45) is 0 Å². The molecule has 0 N–H and O–H groups in total. The van der Waals surface area contributed by atoms with Crippen LogP contribution in [0.2, 0.25) is 5.02 Å². The first-order valence-corrected chi connectivity index (χ1v) is 9.08. The highest BCUT2D eigenvalue weighted by molar-refractivity contribution is 6.30. The minimum Gasteiger partial charge on any atom is -0.467 e. The summed E-state index contributed by atoms with van der Waals surface area (Å²) in [5.74, 6) is -0.338. The second-order valence-corrected chi connectivity index (χ2v) is 6.88. The van der Waals surface area contributed by atoms with Crippen LogP contribution >= 0.6 is 11.6 Å². The van der Waals surface area contributed by atoms with E-state index in [2.05, 4.69) is 12.6 Å². The molecule has 0 amide bonds. The Bertz CT molecular complexity index is 968. The predicted octanol–water partition coefficient (Wildman–Crippen LogP) is 5.57. The largest absolute Gasteiger partial charge is 0.467 e. The third-order valence-electron chi connectivity index (χ3n) is 4.98. The third-order valence-corrected chi connectivity index (χ3v) is 5.23. The van der Waals surface area contributed by atoms with E-state index in [-0.39, 0.29) is 5.97 Å². The van der Waals surface area contributed by atoms with Crippen LogP contribution < -0.4 is 4.90 Å². The number of nitrogens with zero attached hydrogens (tertiary/aromatic N) is 1. The van der Waals surface area contributed by atoms with Gasteiger partial charge in [-0.05, 0) is 46.7 Å². The zero-order chi connectivity index (χ0) is 19.4. The van der Waals surface area contributed by atoms with Gasteiger partial charge in [-0.25, -0.2) is 4.79 Å². The number of esters is 1. The van der Waals surface area contributed by atoms with Crippen LogP contribution in [0.3, 0.4) is 0 Å². The molecular formula is C23H22ClNO2. The lowest BCUT2D eigenvalue weighted by atomic mass is 9.83. The maximum Gasteiger partial charge on any atom is 0.336 e. The van der Waals surface area contributed by atoms with E-state index in [0.717, 1.165) is 22.0 Å². The average molecular weight is 380 g/mol. The van der Waals surface area contributed by atoms with Gasteiger partial charge in [-0.1, -0.05) is 54.1 Å². The Morgan fingerprint density at radius 3 is 2.41 bits per heavy atom. The minimum atomic E-state index is -1.03. The van der Waals surface area contributed by atoms with Gasteiger partial charge in [-0.3, -0.25) is 0 Å². The molecule has 0 aliphatic heterocycles. The van der Waals surface area contributed by atoms with Crippen molar-refractivity contribution in [1.82, 2.24) is 0 Å². The van der Waals surface area contributed by atoms with E-state index in [1.807, 2.05) is 72.6 Å². The molecule has 0 spiro atoms. The van der Waals surface area contributed by atoms with E-state index in [0.29, 0.717) is 11.4 Å². The number of anilines is 1. The normalized spacial score (nSPS) is 13.0. The SMILES string of the molecule is C=CCC(C(=O)OC)(c1ccc2ccccc2c1)N(C)c1ccc(Cl)cc1. The molecule has 4 heteroatoms. The Morgan fingerprint density at radius 2 is 1.78 bits per heavy atom. The highest BCUT2D eigenvalue weighted by Gasteiger charge is 2.44. The maximum atomic E-state index is 13.1. The van der Waals surface area contributed by atoms with Crippen molar-refractivity contribution in [3.63, 3.8) is 0 Å². The van der Waals surface area contributed by atoms with Crippen LogP contribution in [-0.4, -0.2) is 20.1 Å². The van der Waals surface area contributed by atoms with Crippen molar-refractivity contribution in [3.05, 3.63) is 90.0 Å². The number of fused-ring (bicyclic) bond motifs is 1. The zero-order valence-corrected chi connectivity index (χ0v) is 16.2. The summed E-state index contributed by atoms with van der Waals surface area (Å²) in [7, 11) is 3.30. The molecule has 0 bridgehead atoms. The summed E-state index contributed by atoms with van der Waals surface area (Å²) in [6.45, 7) is 3.88. The standard InChI is InChI=1S/C23H22ClNO2/c1-4-15-23(22(26)27-3,25(2)21-13-11-20(24)12-14-21)19-10-9-17-7-5-6-8-18(17)16-19/h4-14,16H,1,15H2,2-3H3. The third kappa shape index (κ3) is 3.43. The highest BCUT2D eigenvalue weighted by atomic mass is 35.5. The lowest BCUT2D eigenvalue weighted by Gasteiger charge is -2.41. The molecule has 0 saturated heterocycles. The van der Waals surface area contributed by atoms with Gasteiger partial charge in [-0.15, -0.1) is 6.58 Å². The van der Waals surface area contributed by atoms with Gasteiger partial charge < -0.3 is 9.64 Å². The number of rotatable bonds is 6. The van der Waals surface area contributed by atoms with E-state index in [9.17, 15) is 4.79 Å². The molecule has 3 aromatic rings. The van der Waals surface area contributed by atoms with Crippen molar-refractivity contribution < 1.29 is 9.53 Å². The number of carbonyl (C=O) groups excluding carboxylic acids is 1. The summed E-state index contributed by atoms with van der Waals surface area (Å²) in [6, 6.07) is 21.5. The number of hydrogen-bond donors (Lipinski definition) is 0. The number of ether oxygens (including phenoxy) is 1. The van der Waals surface area contributed by atoms with Crippen LogP contribution in [0.25, 0.3) is 10.8 Å². The average Bonchev–Trinajstić information content (AvgIpc) is 2.71. The molecule has 1 unspecified atom stereocenters. The lowest BCUT2D eigenvalue weighted by molar-refractivity contribution is -0.147. The Labute approximate surface area is 164 Å². The summed E-state index contributed by atoms with van der Waals surface area (Å²) in [4.78, 5) is 15.0. The van der Waals surface area contributed by atoms with Crippen LogP contribution in [-0.2, 0) is 15.1 Å². The molecule has 0 aromatic heterocycles. The van der Waals surface area contributed by atoms with Crippen LogP contribution in [0, 0.1) is 0 Å². The Morgan fingerprint density at radius 1 is 1.11 bits per heavy atom. The van der Waals surface area contributed by atoms with Gasteiger partial charge in [0.15, 0.2) is 5.54 Å². The first kappa shape index (κ1) is 19.0. The van der Waals surface area contributed by atoms with Crippen LogP contribution in [0.5, 0.6) is 0 Å². The molecule has 3 rings (SSSR count). The Kier molecular flexibility index (Phi) is 5.52. The summed E-state index contributed by atoms with van der Waals surface area (Å²) < 4.78 is 5.25. The number of carbonyl (C=O) groups is 1. The van der Waals surface area contributed by atoms with E-state index in [1.54, 1.807) is 6.08 Å². The van der Waals surface area contributed by atoms with E-state index in [1.165, 1.54) is 7.11 Å². The van der Waals surface area contributed by atoms with Gasteiger partial charge in [0.2, 0.25) is 0 Å². The number of methoxy groups -OCH3 is 1. The Balaban J connectivity index is 2.22. The maximum absolute atomic E-state index is 13.1. The molecule has 138 valence electrons. The summed E-state index contributed by atoms with van der Waals surface area (Å²) in [6.07, 6.45) is 2.15. The summed E-state index contributed by atoms with van der Waals surface area (Å²) >= 11 is 6.04. The van der Waals surface area contributed by atoms with Crippen LogP contribution in [0.4, 0.5) is 5.69 Å². The predicted molar refractivity (Wildman–Crippen MR) is 112 cm³/mol. The molecule has 0 radical (unpaired) electrons. The van der Waals surface area contributed by atoms with Crippen molar-refractivity contribution in [2.45, 2.75) is 12.0 Å². The highest BCUT2D eigenvalue weighted by Crippen LogP contribution is 2.38. The summed E-state index contributed by atoms with van der Waals surface area (Å²) in [5.41, 5.74) is 0.680. The molecular weight excluding hydrogens is 358 g/mol. The Hall–Kier alpha value is -2.78. The number of hydrogen-bond acceptors (Lipinski definition) is 3.